The zero-order valence-electron chi connectivity index (χ0n) is 10.6. The average Bonchev–Trinajstić information content (AvgIpc) is 2.31. The van der Waals surface area contributed by atoms with Gasteiger partial charge in [0.25, 0.3) is 0 Å². The van der Waals surface area contributed by atoms with Crippen molar-refractivity contribution in [1.82, 2.24) is 0 Å². The van der Waals surface area contributed by atoms with E-state index < -0.39 is 7.60 Å². The molecule has 0 saturated heterocycles. The predicted octanol–water partition coefficient (Wildman–Crippen LogP) is 3.01. The predicted molar refractivity (Wildman–Crippen MR) is 71.1 cm³/mol. The van der Waals surface area contributed by atoms with E-state index in [1.165, 1.54) is 0 Å². The van der Waals surface area contributed by atoms with Gasteiger partial charge in [0, 0.05) is 12.2 Å². The van der Waals surface area contributed by atoms with E-state index in [1.54, 1.807) is 26.0 Å². The summed E-state index contributed by atoms with van der Waals surface area (Å²) in [7, 11) is -3.14. The first-order valence-corrected chi connectivity index (χ1v) is 7.44. The third-order valence-corrected chi connectivity index (χ3v) is 4.29. The number of hydrogen-bond donors (Lipinski definition) is 1. The minimum absolute atomic E-state index is 0.367. The topological polar surface area (TPSA) is 47.6 Å². The highest BCUT2D eigenvalue weighted by molar-refractivity contribution is 7.62. The van der Waals surface area contributed by atoms with Crippen molar-refractivity contribution < 1.29 is 13.6 Å². The van der Waals surface area contributed by atoms with Crippen LogP contribution in [0.5, 0.6) is 0 Å². The Morgan fingerprint density at radius 1 is 1.06 bits per heavy atom. The first kappa shape index (κ1) is 14.2. The van der Waals surface area contributed by atoms with Gasteiger partial charge in [-0.05, 0) is 45.0 Å². The molecule has 0 radical (unpaired) electrons. The second-order valence-corrected chi connectivity index (χ2v) is 5.44. The van der Waals surface area contributed by atoms with Crippen LogP contribution < -0.4 is 10.6 Å². The van der Waals surface area contributed by atoms with Crippen LogP contribution in [0, 0.1) is 0 Å². The molecular formula is C12H20NO3P. The third-order valence-electron chi connectivity index (χ3n) is 2.16. The molecule has 0 aliphatic heterocycles. The molecular weight excluding hydrogens is 237 g/mol. The summed E-state index contributed by atoms with van der Waals surface area (Å²) < 4.78 is 23.0. The maximum absolute atomic E-state index is 12.4. The van der Waals surface area contributed by atoms with E-state index in [4.69, 9.17) is 9.05 Å². The second kappa shape index (κ2) is 6.80. The third kappa shape index (κ3) is 3.84. The van der Waals surface area contributed by atoms with Gasteiger partial charge < -0.3 is 14.4 Å². The van der Waals surface area contributed by atoms with Gasteiger partial charge in [0.2, 0.25) is 0 Å². The van der Waals surface area contributed by atoms with Crippen molar-refractivity contribution >= 4 is 18.6 Å². The van der Waals surface area contributed by atoms with Gasteiger partial charge in [0.15, 0.2) is 0 Å². The fourth-order valence-corrected chi connectivity index (χ4v) is 3.06. The van der Waals surface area contributed by atoms with E-state index in [-0.39, 0.29) is 0 Å². The van der Waals surface area contributed by atoms with Crippen LogP contribution >= 0.6 is 7.60 Å². The Morgan fingerprint density at radius 2 is 1.59 bits per heavy atom. The lowest BCUT2D eigenvalue weighted by atomic mass is 10.3. The zero-order valence-corrected chi connectivity index (χ0v) is 11.5. The van der Waals surface area contributed by atoms with Crippen molar-refractivity contribution in [3.8, 4) is 0 Å². The highest BCUT2D eigenvalue weighted by Crippen LogP contribution is 2.46. The summed E-state index contributed by atoms with van der Waals surface area (Å²) in [4.78, 5) is 0. The molecule has 5 heteroatoms. The Labute approximate surface area is 103 Å². The molecule has 0 bridgehead atoms. The van der Waals surface area contributed by atoms with Gasteiger partial charge in [0.1, 0.15) is 0 Å². The summed E-state index contributed by atoms with van der Waals surface area (Å²) in [5.74, 6) is 0. The van der Waals surface area contributed by atoms with Crippen LogP contribution in [0.25, 0.3) is 0 Å². The van der Waals surface area contributed by atoms with Crippen LogP contribution in [0.3, 0.4) is 0 Å². The van der Waals surface area contributed by atoms with Gasteiger partial charge in [-0.2, -0.15) is 0 Å². The molecule has 1 aromatic carbocycles. The largest absolute Gasteiger partial charge is 0.385 e. The van der Waals surface area contributed by atoms with Crippen molar-refractivity contribution in [2.45, 2.75) is 20.8 Å². The smallest absolute Gasteiger partial charge is 0.361 e. The molecule has 0 aliphatic carbocycles. The highest BCUT2D eigenvalue weighted by atomic mass is 31.2. The van der Waals surface area contributed by atoms with Gasteiger partial charge in [-0.25, -0.2) is 0 Å². The molecule has 0 atom stereocenters. The average molecular weight is 257 g/mol. The molecule has 0 fully saturated rings. The summed E-state index contributed by atoms with van der Waals surface area (Å²) in [5.41, 5.74) is 0.996. The number of rotatable bonds is 7. The quantitative estimate of drug-likeness (QED) is 0.763. The summed E-state index contributed by atoms with van der Waals surface area (Å²) >= 11 is 0. The molecule has 0 saturated carbocycles. The summed E-state index contributed by atoms with van der Waals surface area (Å²) in [5, 5.41) is 3.78. The minimum Gasteiger partial charge on any atom is -0.385 e. The number of nitrogens with one attached hydrogen (secondary N) is 1. The highest BCUT2D eigenvalue weighted by Gasteiger charge is 2.26. The Balaban J connectivity index is 2.91. The van der Waals surface area contributed by atoms with Crippen molar-refractivity contribution in [1.29, 1.82) is 0 Å². The Hall–Kier alpha value is -0.830. The maximum Gasteiger partial charge on any atom is 0.361 e. The molecule has 0 aliphatic rings. The van der Waals surface area contributed by atoms with Crippen molar-refractivity contribution in [2.24, 2.45) is 0 Å². The SMILES string of the molecule is CCNc1ccc(P(=O)(OCC)OCC)cc1. The van der Waals surface area contributed by atoms with Gasteiger partial charge in [-0.1, -0.05) is 0 Å². The van der Waals surface area contributed by atoms with Crippen LogP contribution in [0.15, 0.2) is 24.3 Å². The minimum atomic E-state index is -3.14. The van der Waals surface area contributed by atoms with Crippen molar-refractivity contribution in [3.05, 3.63) is 24.3 Å². The monoisotopic (exact) mass is 257 g/mol. The lowest BCUT2D eigenvalue weighted by Crippen LogP contribution is -2.10. The van der Waals surface area contributed by atoms with E-state index in [1.807, 2.05) is 19.1 Å². The molecule has 96 valence electrons. The zero-order chi connectivity index (χ0) is 12.7. The van der Waals surface area contributed by atoms with E-state index in [9.17, 15) is 4.57 Å². The molecule has 1 aromatic rings. The molecule has 4 nitrogen and oxygen atoms in total. The van der Waals surface area contributed by atoms with E-state index in [2.05, 4.69) is 5.32 Å². The summed E-state index contributed by atoms with van der Waals surface area (Å²) in [6.45, 7) is 7.23. The van der Waals surface area contributed by atoms with Crippen LogP contribution in [0.2, 0.25) is 0 Å². The molecule has 1 rings (SSSR count). The number of hydrogen-bond acceptors (Lipinski definition) is 4. The van der Waals surface area contributed by atoms with Gasteiger partial charge in [-0.3, -0.25) is 4.57 Å². The Kier molecular flexibility index (Phi) is 5.69. The van der Waals surface area contributed by atoms with E-state index >= 15 is 0 Å². The van der Waals surface area contributed by atoms with Gasteiger partial charge >= 0.3 is 7.60 Å². The van der Waals surface area contributed by atoms with E-state index in [0.29, 0.717) is 18.5 Å². The maximum atomic E-state index is 12.4. The Bertz CT molecular complexity index is 368. The molecule has 0 aromatic heterocycles. The Morgan fingerprint density at radius 3 is 2.00 bits per heavy atom. The van der Waals surface area contributed by atoms with Crippen LogP contribution in [0.4, 0.5) is 5.69 Å². The van der Waals surface area contributed by atoms with E-state index in [0.717, 1.165) is 12.2 Å². The fourth-order valence-electron chi connectivity index (χ4n) is 1.49. The second-order valence-electron chi connectivity index (χ2n) is 3.41. The number of anilines is 1. The summed E-state index contributed by atoms with van der Waals surface area (Å²) in [6, 6.07) is 7.32. The lowest BCUT2D eigenvalue weighted by molar-refractivity contribution is 0.230. The fraction of sp³-hybridized carbons (Fsp3) is 0.500. The van der Waals surface area contributed by atoms with Crippen LogP contribution in [-0.2, 0) is 13.6 Å². The molecule has 0 amide bonds. The van der Waals surface area contributed by atoms with Gasteiger partial charge in [0.05, 0.1) is 18.5 Å². The molecule has 17 heavy (non-hydrogen) atoms. The lowest BCUT2D eigenvalue weighted by Gasteiger charge is -2.17. The van der Waals surface area contributed by atoms with Crippen molar-refractivity contribution in [3.63, 3.8) is 0 Å². The van der Waals surface area contributed by atoms with Crippen LogP contribution in [0.1, 0.15) is 20.8 Å². The molecule has 0 spiro atoms. The molecule has 0 heterocycles. The molecule has 0 unspecified atom stereocenters. The first-order chi connectivity index (χ1) is 8.16. The van der Waals surface area contributed by atoms with Gasteiger partial charge in [-0.15, -0.1) is 0 Å². The molecule has 1 N–H and O–H groups in total. The summed E-state index contributed by atoms with van der Waals surface area (Å²) in [6.07, 6.45) is 0. The van der Waals surface area contributed by atoms with Crippen LogP contribution in [-0.4, -0.2) is 19.8 Å². The van der Waals surface area contributed by atoms with Crippen molar-refractivity contribution in [2.75, 3.05) is 25.1 Å². The first-order valence-electron chi connectivity index (χ1n) is 5.89. The standard InChI is InChI=1S/C12H20NO3P/c1-4-13-11-7-9-12(10-8-11)17(14,15-5-2)16-6-3/h7-10,13H,4-6H2,1-3H3. The number of benzene rings is 1. The normalized spacial score (nSPS) is 11.5.